The van der Waals surface area contributed by atoms with Crippen LogP contribution in [0, 0.1) is 0 Å². The Bertz CT molecular complexity index is 617. The lowest BCUT2D eigenvalue weighted by atomic mass is 10.1. The summed E-state index contributed by atoms with van der Waals surface area (Å²) in [4.78, 5) is 12.1. The fourth-order valence-corrected chi connectivity index (χ4v) is 2.10. The number of fused-ring (bicyclic) bond motifs is 1. The quantitative estimate of drug-likeness (QED) is 0.892. The molecule has 1 aromatic carbocycles. The van der Waals surface area contributed by atoms with Crippen LogP contribution >= 0.6 is 0 Å². The SMILES string of the molecule is CCOc1ccc2c(c1)cc(CNC)c(=O)n2C. The zero-order chi connectivity index (χ0) is 13.1. The Morgan fingerprint density at radius 1 is 1.33 bits per heavy atom. The van der Waals surface area contributed by atoms with Gasteiger partial charge in [-0.05, 0) is 38.2 Å². The lowest BCUT2D eigenvalue weighted by Crippen LogP contribution is -2.24. The van der Waals surface area contributed by atoms with Gasteiger partial charge in [-0.25, -0.2) is 0 Å². The van der Waals surface area contributed by atoms with Gasteiger partial charge in [0.05, 0.1) is 12.1 Å². The van der Waals surface area contributed by atoms with E-state index >= 15 is 0 Å². The van der Waals surface area contributed by atoms with Crippen molar-refractivity contribution in [2.75, 3.05) is 13.7 Å². The summed E-state index contributed by atoms with van der Waals surface area (Å²) in [7, 11) is 3.63. The maximum absolute atomic E-state index is 12.1. The fourth-order valence-electron chi connectivity index (χ4n) is 2.10. The van der Waals surface area contributed by atoms with Crippen molar-refractivity contribution in [1.29, 1.82) is 0 Å². The number of aromatic nitrogens is 1. The zero-order valence-electron chi connectivity index (χ0n) is 11.0. The van der Waals surface area contributed by atoms with Gasteiger partial charge in [0.1, 0.15) is 5.75 Å². The molecule has 1 aromatic heterocycles. The van der Waals surface area contributed by atoms with Gasteiger partial charge >= 0.3 is 0 Å². The first-order chi connectivity index (χ1) is 8.67. The third kappa shape index (κ3) is 2.24. The smallest absolute Gasteiger partial charge is 0.255 e. The number of nitrogens with zero attached hydrogens (tertiary/aromatic N) is 1. The van der Waals surface area contributed by atoms with E-state index in [1.165, 1.54) is 0 Å². The van der Waals surface area contributed by atoms with E-state index in [-0.39, 0.29) is 5.56 Å². The molecule has 0 unspecified atom stereocenters. The highest BCUT2D eigenvalue weighted by Gasteiger charge is 2.06. The van der Waals surface area contributed by atoms with E-state index in [0.29, 0.717) is 13.2 Å². The van der Waals surface area contributed by atoms with Crippen LogP contribution in [0.2, 0.25) is 0 Å². The van der Waals surface area contributed by atoms with Crippen molar-refractivity contribution in [2.45, 2.75) is 13.5 Å². The summed E-state index contributed by atoms with van der Waals surface area (Å²) in [5.41, 5.74) is 1.73. The summed E-state index contributed by atoms with van der Waals surface area (Å²) < 4.78 is 7.16. The third-order valence-electron chi connectivity index (χ3n) is 2.95. The molecule has 0 bridgehead atoms. The van der Waals surface area contributed by atoms with Crippen LogP contribution < -0.4 is 15.6 Å². The minimum Gasteiger partial charge on any atom is -0.494 e. The lowest BCUT2D eigenvalue weighted by Gasteiger charge is -2.10. The highest BCUT2D eigenvalue weighted by atomic mass is 16.5. The monoisotopic (exact) mass is 246 g/mol. The minimum atomic E-state index is 0.0426. The summed E-state index contributed by atoms with van der Waals surface area (Å²) in [6.45, 7) is 3.17. The Kier molecular flexibility index (Phi) is 3.67. The molecule has 0 aliphatic heterocycles. The van der Waals surface area contributed by atoms with Gasteiger partial charge in [0.25, 0.3) is 5.56 Å². The van der Waals surface area contributed by atoms with Gasteiger partial charge in [-0.15, -0.1) is 0 Å². The molecule has 4 nitrogen and oxygen atoms in total. The highest BCUT2D eigenvalue weighted by molar-refractivity contribution is 5.81. The maximum atomic E-state index is 12.1. The predicted octanol–water partition coefficient (Wildman–Crippen LogP) is 1.66. The predicted molar refractivity (Wildman–Crippen MR) is 73.1 cm³/mol. The topological polar surface area (TPSA) is 43.3 Å². The van der Waals surface area contributed by atoms with Gasteiger partial charge in [-0.2, -0.15) is 0 Å². The molecule has 0 saturated heterocycles. The van der Waals surface area contributed by atoms with Crippen molar-refractivity contribution in [3.63, 3.8) is 0 Å². The number of ether oxygens (including phenoxy) is 1. The second kappa shape index (κ2) is 5.23. The molecule has 1 N–H and O–H groups in total. The van der Waals surface area contributed by atoms with E-state index in [9.17, 15) is 4.79 Å². The van der Waals surface area contributed by atoms with Crippen LogP contribution in [-0.4, -0.2) is 18.2 Å². The Labute approximate surface area is 106 Å². The molecule has 4 heteroatoms. The van der Waals surface area contributed by atoms with Crippen molar-refractivity contribution in [3.8, 4) is 5.75 Å². The highest BCUT2D eigenvalue weighted by Crippen LogP contribution is 2.20. The van der Waals surface area contributed by atoms with E-state index in [1.54, 1.807) is 11.6 Å². The second-order valence-electron chi connectivity index (χ2n) is 4.22. The molecule has 1 heterocycles. The number of benzene rings is 1. The third-order valence-corrected chi connectivity index (χ3v) is 2.95. The summed E-state index contributed by atoms with van der Waals surface area (Å²) in [5, 5.41) is 4.03. The van der Waals surface area contributed by atoms with E-state index in [4.69, 9.17) is 4.74 Å². The number of hydrogen-bond donors (Lipinski definition) is 1. The second-order valence-corrected chi connectivity index (χ2v) is 4.22. The molecule has 0 aliphatic carbocycles. The molecule has 2 rings (SSSR count). The van der Waals surface area contributed by atoms with Crippen LogP contribution in [0.25, 0.3) is 10.9 Å². The van der Waals surface area contributed by atoms with Gasteiger partial charge in [0.2, 0.25) is 0 Å². The molecule has 0 atom stereocenters. The average Bonchev–Trinajstić information content (AvgIpc) is 2.36. The maximum Gasteiger partial charge on any atom is 0.255 e. The summed E-state index contributed by atoms with van der Waals surface area (Å²) >= 11 is 0. The van der Waals surface area contributed by atoms with Gasteiger partial charge in [0.15, 0.2) is 0 Å². The molecule has 18 heavy (non-hydrogen) atoms. The van der Waals surface area contributed by atoms with E-state index in [0.717, 1.165) is 22.2 Å². The Hall–Kier alpha value is -1.81. The van der Waals surface area contributed by atoms with Crippen molar-refractivity contribution in [2.24, 2.45) is 7.05 Å². The van der Waals surface area contributed by atoms with Gasteiger partial charge in [-0.1, -0.05) is 0 Å². The first-order valence-corrected chi connectivity index (χ1v) is 6.07. The van der Waals surface area contributed by atoms with E-state index in [2.05, 4.69) is 5.32 Å². The molecular formula is C14H18N2O2. The molecule has 0 aliphatic rings. The van der Waals surface area contributed by atoms with Crippen molar-refractivity contribution < 1.29 is 4.74 Å². The van der Waals surface area contributed by atoms with E-state index in [1.807, 2.05) is 38.2 Å². The largest absolute Gasteiger partial charge is 0.494 e. The molecule has 2 aromatic rings. The van der Waals surface area contributed by atoms with Crippen molar-refractivity contribution in [1.82, 2.24) is 9.88 Å². The number of nitrogens with one attached hydrogen (secondary N) is 1. The van der Waals surface area contributed by atoms with Crippen LogP contribution in [-0.2, 0) is 13.6 Å². The van der Waals surface area contributed by atoms with Crippen molar-refractivity contribution >= 4 is 10.9 Å². The summed E-state index contributed by atoms with van der Waals surface area (Å²) in [6, 6.07) is 7.71. The van der Waals surface area contributed by atoms with Crippen LogP contribution in [0.1, 0.15) is 12.5 Å². The van der Waals surface area contributed by atoms with Gasteiger partial charge < -0.3 is 14.6 Å². The Morgan fingerprint density at radius 2 is 2.11 bits per heavy atom. The van der Waals surface area contributed by atoms with Crippen LogP contribution in [0.4, 0.5) is 0 Å². The molecule has 0 radical (unpaired) electrons. The summed E-state index contributed by atoms with van der Waals surface area (Å²) in [6.07, 6.45) is 0. The average molecular weight is 246 g/mol. The van der Waals surface area contributed by atoms with Gasteiger partial charge in [0, 0.05) is 24.5 Å². The molecule has 96 valence electrons. The van der Waals surface area contributed by atoms with Crippen LogP contribution in [0.5, 0.6) is 5.75 Å². The van der Waals surface area contributed by atoms with Gasteiger partial charge in [-0.3, -0.25) is 4.79 Å². The Balaban J connectivity index is 2.63. The lowest BCUT2D eigenvalue weighted by molar-refractivity contribution is 0.340. The zero-order valence-corrected chi connectivity index (χ0v) is 11.0. The molecule has 0 saturated carbocycles. The molecular weight excluding hydrogens is 228 g/mol. The number of aryl methyl sites for hydroxylation is 1. The molecule has 0 fully saturated rings. The first-order valence-electron chi connectivity index (χ1n) is 6.07. The number of hydrogen-bond acceptors (Lipinski definition) is 3. The number of rotatable bonds is 4. The normalized spacial score (nSPS) is 10.8. The first kappa shape index (κ1) is 12.6. The van der Waals surface area contributed by atoms with Crippen molar-refractivity contribution in [3.05, 3.63) is 40.2 Å². The van der Waals surface area contributed by atoms with Crippen LogP contribution in [0.15, 0.2) is 29.1 Å². The molecule has 0 spiro atoms. The van der Waals surface area contributed by atoms with Crippen LogP contribution in [0.3, 0.4) is 0 Å². The minimum absolute atomic E-state index is 0.0426. The molecule has 0 amide bonds. The fraction of sp³-hybridized carbons (Fsp3) is 0.357. The summed E-state index contributed by atoms with van der Waals surface area (Å²) in [5.74, 6) is 0.832. The standard InChI is InChI=1S/C14H18N2O2/c1-4-18-12-5-6-13-10(8-12)7-11(9-15-2)14(17)16(13)3/h5-8,15H,4,9H2,1-3H3. The number of pyridine rings is 1. The Morgan fingerprint density at radius 3 is 2.78 bits per heavy atom. The van der Waals surface area contributed by atoms with E-state index < -0.39 is 0 Å².